The standard InChI is InChI=1S/C36H51N5O2/c1-10-39(11-2)28-17-16-25(7)33(22-28)36(31-20-18-29(40(12-3)13-4)23-34(31)37-26(8)42)32-21-19-30(41(14-5)15-6)24-35(32)38-27(9)43/h16-24,36H,10-15H2,1-9H3,(H,37,42)(H,38,43). The van der Waals surface area contributed by atoms with Crippen molar-refractivity contribution in [2.75, 3.05) is 64.6 Å². The molecule has 0 saturated heterocycles. The zero-order valence-corrected chi connectivity index (χ0v) is 27.7. The second-order valence-corrected chi connectivity index (χ2v) is 10.9. The molecule has 2 N–H and O–H groups in total. The van der Waals surface area contributed by atoms with Crippen LogP contribution in [0.2, 0.25) is 0 Å². The van der Waals surface area contributed by atoms with Crippen LogP contribution in [0.25, 0.3) is 0 Å². The number of amides is 2. The van der Waals surface area contributed by atoms with Crippen LogP contribution in [0.1, 0.15) is 83.6 Å². The number of nitrogens with one attached hydrogen (secondary N) is 2. The van der Waals surface area contributed by atoms with E-state index in [9.17, 15) is 9.59 Å². The molecule has 43 heavy (non-hydrogen) atoms. The first-order valence-corrected chi connectivity index (χ1v) is 15.8. The number of benzene rings is 3. The molecule has 232 valence electrons. The zero-order valence-electron chi connectivity index (χ0n) is 27.7. The number of hydrogen-bond acceptors (Lipinski definition) is 5. The lowest BCUT2D eigenvalue weighted by Crippen LogP contribution is -2.24. The first kappa shape index (κ1) is 33.5. The van der Waals surface area contributed by atoms with Gasteiger partial charge < -0.3 is 25.3 Å². The molecule has 7 nitrogen and oxygen atoms in total. The maximum absolute atomic E-state index is 12.6. The largest absolute Gasteiger partial charge is 0.372 e. The molecule has 0 aliphatic rings. The van der Waals surface area contributed by atoms with E-state index in [2.05, 4.69) is 128 Å². The summed E-state index contributed by atoms with van der Waals surface area (Å²) < 4.78 is 0. The second-order valence-electron chi connectivity index (χ2n) is 10.9. The molecule has 0 aliphatic heterocycles. The van der Waals surface area contributed by atoms with Gasteiger partial charge in [0.1, 0.15) is 0 Å². The Morgan fingerprint density at radius 1 is 0.558 bits per heavy atom. The summed E-state index contributed by atoms with van der Waals surface area (Å²) in [4.78, 5) is 32.0. The van der Waals surface area contributed by atoms with Crippen LogP contribution in [0.3, 0.4) is 0 Å². The fraction of sp³-hybridized carbons (Fsp3) is 0.444. The maximum atomic E-state index is 12.6. The molecular formula is C36H51N5O2. The predicted molar refractivity (Wildman–Crippen MR) is 184 cm³/mol. The van der Waals surface area contributed by atoms with E-state index in [4.69, 9.17) is 0 Å². The molecule has 7 heteroatoms. The van der Waals surface area contributed by atoms with Crippen LogP contribution in [-0.4, -0.2) is 51.1 Å². The Kier molecular flexibility index (Phi) is 12.0. The van der Waals surface area contributed by atoms with Gasteiger partial charge in [-0.3, -0.25) is 9.59 Å². The lowest BCUT2D eigenvalue weighted by Gasteiger charge is -2.30. The highest BCUT2D eigenvalue weighted by Crippen LogP contribution is 2.44. The number of rotatable bonds is 14. The summed E-state index contributed by atoms with van der Waals surface area (Å²) in [5.74, 6) is -0.496. The van der Waals surface area contributed by atoms with Gasteiger partial charge in [0.15, 0.2) is 0 Å². The van der Waals surface area contributed by atoms with Gasteiger partial charge in [-0.1, -0.05) is 18.2 Å². The number of carbonyl (C=O) groups is 2. The molecular weight excluding hydrogens is 534 g/mol. The molecule has 0 aromatic heterocycles. The number of hydrogen-bond donors (Lipinski definition) is 2. The number of carbonyl (C=O) groups excluding carboxylic acids is 2. The highest BCUT2D eigenvalue weighted by Gasteiger charge is 2.27. The molecule has 3 aromatic rings. The van der Waals surface area contributed by atoms with E-state index < -0.39 is 0 Å². The summed E-state index contributed by atoms with van der Waals surface area (Å²) in [5.41, 5.74) is 9.05. The molecule has 0 radical (unpaired) electrons. The van der Waals surface area contributed by atoms with Gasteiger partial charge in [-0.2, -0.15) is 0 Å². The van der Waals surface area contributed by atoms with E-state index in [0.717, 1.165) is 90.0 Å². The average molecular weight is 586 g/mol. The van der Waals surface area contributed by atoms with Crippen molar-refractivity contribution in [3.8, 4) is 0 Å². The molecule has 0 spiro atoms. The van der Waals surface area contributed by atoms with E-state index in [1.165, 1.54) is 0 Å². The number of nitrogens with zero attached hydrogens (tertiary/aromatic N) is 3. The Balaban J connectivity index is 2.43. The van der Waals surface area contributed by atoms with E-state index >= 15 is 0 Å². The van der Waals surface area contributed by atoms with Crippen LogP contribution in [0.4, 0.5) is 28.4 Å². The molecule has 0 saturated carbocycles. The molecule has 0 unspecified atom stereocenters. The maximum Gasteiger partial charge on any atom is 0.221 e. The van der Waals surface area contributed by atoms with Crippen LogP contribution in [-0.2, 0) is 9.59 Å². The van der Waals surface area contributed by atoms with Crippen molar-refractivity contribution in [1.82, 2.24) is 0 Å². The molecule has 0 fully saturated rings. The number of aryl methyl sites for hydroxylation is 1. The van der Waals surface area contributed by atoms with Gasteiger partial charge in [0.25, 0.3) is 0 Å². The van der Waals surface area contributed by atoms with E-state index in [1.54, 1.807) is 13.8 Å². The van der Waals surface area contributed by atoms with E-state index in [0.29, 0.717) is 0 Å². The third-order valence-electron chi connectivity index (χ3n) is 8.28. The molecule has 0 atom stereocenters. The monoisotopic (exact) mass is 585 g/mol. The lowest BCUT2D eigenvalue weighted by molar-refractivity contribution is -0.115. The Hall–Kier alpha value is -4.00. The molecule has 3 aromatic carbocycles. The average Bonchev–Trinajstić information content (AvgIpc) is 2.97. The SMILES string of the molecule is CCN(CC)c1ccc(C(c2cc(N(CC)CC)ccc2C)c2ccc(N(CC)CC)cc2NC(C)=O)c(NC(C)=O)c1. The van der Waals surface area contributed by atoms with Gasteiger partial charge in [-0.25, -0.2) is 0 Å². The topological polar surface area (TPSA) is 67.9 Å². The molecule has 0 aliphatic carbocycles. The zero-order chi connectivity index (χ0) is 31.7. The van der Waals surface area contributed by atoms with Crippen molar-refractivity contribution in [2.24, 2.45) is 0 Å². The van der Waals surface area contributed by atoms with Crippen LogP contribution >= 0.6 is 0 Å². The quantitative estimate of drug-likeness (QED) is 0.190. The summed E-state index contributed by atoms with van der Waals surface area (Å²) in [7, 11) is 0. The fourth-order valence-corrected chi connectivity index (χ4v) is 5.99. The van der Waals surface area contributed by atoms with Gasteiger partial charge in [0.05, 0.1) is 0 Å². The minimum Gasteiger partial charge on any atom is -0.372 e. The minimum absolute atomic E-state index is 0.121. The normalized spacial score (nSPS) is 10.9. The van der Waals surface area contributed by atoms with E-state index in [1.807, 2.05) is 0 Å². The van der Waals surface area contributed by atoms with Gasteiger partial charge in [-0.05, 0) is 107 Å². The first-order valence-electron chi connectivity index (χ1n) is 15.8. The minimum atomic E-state index is -0.254. The van der Waals surface area contributed by atoms with E-state index in [-0.39, 0.29) is 17.7 Å². The van der Waals surface area contributed by atoms with Crippen LogP contribution in [0.15, 0.2) is 54.6 Å². The van der Waals surface area contributed by atoms with Gasteiger partial charge in [0, 0.05) is 87.5 Å². The molecule has 2 amide bonds. The predicted octanol–water partition coefficient (Wildman–Crippen LogP) is 7.63. The number of anilines is 5. The Morgan fingerprint density at radius 2 is 0.907 bits per heavy atom. The third kappa shape index (κ3) is 7.89. The molecule has 0 heterocycles. The van der Waals surface area contributed by atoms with Gasteiger partial charge >= 0.3 is 0 Å². The Bertz CT molecular complexity index is 1310. The van der Waals surface area contributed by atoms with Gasteiger partial charge in [0.2, 0.25) is 11.8 Å². The highest BCUT2D eigenvalue weighted by atomic mass is 16.2. The van der Waals surface area contributed by atoms with Crippen molar-refractivity contribution in [3.63, 3.8) is 0 Å². The van der Waals surface area contributed by atoms with Crippen molar-refractivity contribution in [2.45, 2.75) is 68.2 Å². The second kappa shape index (κ2) is 15.5. The summed E-state index contributed by atoms with van der Waals surface area (Å²) >= 11 is 0. The fourth-order valence-electron chi connectivity index (χ4n) is 5.99. The van der Waals surface area contributed by atoms with Crippen LogP contribution in [0.5, 0.6) is 0 Å². The molecule has 0 bridgehead atoms. The smallest absolute Gasteiger partial charge is 0.221 e. The summed E-state index contributed by atoms with van der Waals surface area (Å²) in [6.07, 6.45) is 0. The highest BCUT2D eigenvalue weighted by molar-refractivity contribution is 5.93. The van der Waals surface area contributed by atoms with Gasteiger partial charge in [-0.15, -0.1) is 0 Å². The third-order valence-corrected chi connectivity index (χ3v) is 8.28. The van der Waals surface area contributed by atoms with Crippen molar-refractivity contribution in [3.05, 3.63) is 76.9 Å². The lowest BCUT2D eigenvalue weighted by atomic mass is 9.80. The van der Waals surface area contributed by atoms with Crippen LogP contribution < -0.4 is 25.3 Å². The van der Waals surface area contributed by atoms with Crippen molar-refractivity contribution >= 4 is 40.3 Å². The first-order chi connectivity index (χ1) is 20.6. The van der Waals surface area contributed by atoms with Crippen molar-refractivity contribution < 1.29 is 9.59 Å². The Labute approximate surface area is 259 Å². The summed E-state index contributed by atoms with van der Waals surface area (Å²) in [5, 5.41) is 6.31. The molecule has 3 rings (SSSR count). The summed E-state index contributed by atoms with van der Waals surface area (Å²) in [6, 6.07) is 19.4. The summed E-state index contributed by atoms with van der Waals surface area (Å²) in [6.45, 7) is 23.4. The van der Waals surface area contributed by atoms with Crippen LogP contribution in [0, 0.1) is 6.92 Å². The Morgan fingerprint density at radius 3 is 1.26 bits per heavy atom. The van der Waals surface area contributed by atoms with Crippen molar-refractivity contribution in [1.29, 1.82) is 0 Å².